The van der Waals surface area contributed by atoms with Gasteiger partial charge in [-0.1, -0.05) is 18.2 Å². The van der Waals surface area contributed by atoms with Crippen molar-refractivity contribution in [1.29, 1.82) is 0 Å². The van der Waals surface area contributed by atoms with Gasteiger partial charge in [0.2, 0.25) is 11.8 Å². The number of nitrogens with zero attached hydrogens (tertiary/aromatic N) is 1. The third-order valence-corrected chi connectivity index (χ3v) is 5.22. The number of thiophene rings is 1. The second kappa shape index (κ2) is 6.56. The molecule has 1 aliphatic carbocycles. The van der Waals surface area contributed by atoms with E-state index in [0.717, 1.165) is 4.90 Å². The number of likely N-dealkylation sites (tertiary alicyclic amines) is 1. The molecule has 1 saturated heterocycles. The highest BCUT2D eigenvalue weighted by Gasteiger charge is 2.50. The zero-order valence-electron chi connectivity index (χ0n) is 13.0. The van der Waals surface area contributed by atoms with E-state index in [1.807, 2.05) is 12.2 Å². The van der Waals surface area contributed by atoms with Crippen LogP contribution in [0.15, 0.2) is 29.7 Å². The largest absolute Gasteiger partial charge is 0.279 e. The quantitative estimate of drug-likeness (QED) is 0.481. The summed E-state index contributed by atoms with van der Waals surface area (Å²) in [6.45, 7) is 1.48. The lowest BCUT2D eigenvalue weighted by atomic mass is 9.85. The Balaban J connectivity index is 1.62. The third kappa shape index (κ3) is 2.84. The minimum absolute atomic E-state index is 0.318. The van der Waals surface area contributed by atoms with Gasteiger partial charge in [-0.15, -0.1) is 11.3 Å². The van der Waals surface area contributed by atoms with Crippen molar-refractivity contribution in [3.8, 4) is 0 Å². The second-order valence-electron chi connectivity index (χ2n) is 5.80. The molecular formula is C16H17N3O4S. The normalized spacial score (nSPS) is 23.8. The first-order valence-corrected chi connectivity index (χ1v) is 8.54. The van der Waals surface area contributed by atoms with Gasteiger partial charge in [0.15, 0.2) is 0 Å². The molecule has 0 spiro atoms. The monoisotopic (exact) mass is 347 g/mol. The lowest BCUT2D eigenvalue weighted by Gasteiger charge is -2.22. The van der Waals surface area contributed by atoms with Crippen molar-refractivity contribution in [1.82, 2.24) is 15.8 Å². The van der Waals surface area contributed by atoms with Gasteiger partial charge in [0.05, 0.1) is 16.7 Å². The van der Waals surface area contributed by atoms with Crippen LogP contribution >= 0.6 is 11.3 Å². The molecule has 126 valence electrons. The van der Waals surface area contributed by atoms with E-state index in [-0.39, 0.29) is 23.7 Å². The van der Waals surface area contributed by atoms with E-state index < -0.39 is 17.9 Å². The summed E-state index contributed by atoms with van der Waals surface area (Å²) < 4.78 is 0. The number of hydrazine groups is 1. The molecule has 4 amide bonds. The van der Waals surface area contributed by atoms with Crippen LogP contribution in [-0.4, -0.2) is 34.6 Å². The van der Waals surface area contributed by atoms with Gasteiger partial charge < -0.3 is 0 Å². The fraction of sp³-hybridized carbons (Fsp3) is 0.375. The lowest BCUT2D eigenvalue weighted by molar-refractivity contribution is -0.147. The predicted molar refractivity (Wildman–Crippen MR) is 86.6 cm³/mol. The van der Waals surface area contributed by atoms with Crippen LogP contribution in [0.2, 0.25) is 0 Å². The van der Waals surface area contributed by atoms with Gasteiger partial charge in [-0.25, -0.2) is 0 Å². The number of carbonyl (C=O) groups excluding carboxylic acids is 4. The Labute approximate surface area is 142 Å². The van der Waals surface area contributed by atoms with E-state index in [1.165, 1.54) is 18.3 Å². The van der Waals surface area contributed by atoms with E-state index in [1.54, 1.807) is 17.5 Å². The SMILES string of the molecule is CC(C(=O)NNC(=O)c1cccs1)N1C(=O)C2CC=CCC2C1=O. The highest BCUT2D eigenvalue weighted by molar-refractivity contribution is 7.12. The average Bonchev–Trinajstić information content (AvgIpc) is 3.20. The molecule has 0 aromatic carbocycles. The highest BCUT2D eigenvalue weighted by Crippen LogP contribution is 2.35. The number of amides is 4. The van der Waals surface area contributed by atoms with Crippen LogP contribution in [-0.2, 0) is 14.4 Å². The van der Waals surface area contributed by atoms with Crippen LogP contribution in [0.25, 0.3) is 0 Å². The molecule has 8 heteroatoms. The molecule has 3 atom stereocenters. The van der Waals surface area contributed by atoms with E-state index in [2.05, 4.69) is 10.9 Å². The Morgan fingerprint density at radius 2 is 1.79 bits per heavy atom. The van der Waals surface area contributed by atoms with Gasteiger partial charge in [-0.2, -0.15) is 0 Å². The van der Waals surface area contributed by atoms with Crippen LogP contribution in [0, 0.1) is 11.8 Å². The number of fused-ring (bicyclic) bond motifs is 1. The summed E-state index contributed by atoms with van der Waals surface area (Å²) in [6.07, 6.45) is 4.83. The molecular weight excluding hydrogens is 330 g/mol. The molecule has 1 aromatic heterocycles. The molecule has 3 rings (SSSR count). The van der Waals surface area contributed by atoms with Crippen LogP contribution < -0.4 is 10.9 Å². The lowest BCUT2D eigenvalue weighted by Crippen LogP contribution is -2.53. The number of nitrogens with one attached hydrogen (secondary N) is 2. The minimum atomic E-state index is -0.973. The Morgan fingerprint density at radius 1 is 1.17 bits per heavy atom. The van der Waals surface area contributed by atoms with Gasteiger partial charge in [-0.3, -0.25) is 34.9 Å². The molecule has 1 aromatic rings. The van der Waals surface area contributed by atoms with Crippen molar-refractivity contribution in [2.24, 2.45) is 11.8 Å². The Kier molecular flexibility index (Phi) is 4.48. The molecule has 24 heavy (non-hydrogen) atoms. The number of hydrogen-bond donors (Lipinski definition) is 2. The maximum Gasteiger partial charge on any atom is 0.279 e. The summed E-state index contributed by atoms with van der Waals surface area (Å²) in [5.41, 5.74) is 4.57. The van der Waals surface area contributed by atoms with Crippen LogP contribution in [0.3, 0.4) is 0 Å². The van der Waals surface area contributed by atoms with Crippen molar-refractivity contribution in [2.45, 2.75) is 25.8 Å². The van der Waals surface area contributed by atoms with E-state index in [0.29, 0.717) is 17.7 Å². The molecule has 1 aliphatic heterocycles. The average molecular weight is 347 g/mol. The predicted octanol–water partition coefficient (Wildman–Crippen LogP) is 0.849. The topological polar surface area (TPSA) is 95.6 Å². The van der Waals surface area contributed by atoms with E-state index in [9.17, 15) is 19.2 Å². The van der Waals surface area contributed by atoms with Gasteiger partial charge in [0.1, 0.15) is 6.04 Å². The van der Waals surface area contributed by atoms with Crippen molar-refractivity contribution >= 4 is 35.0 Å². The number of rotatable bonds is 3. The molecule has 2 aliphatic rings. The Hall–Kier alpha value is -2.48. The van der Waals surface area contributed by atoms with Crippen LogP contribution in [0.5, 0.6) is 0 Å². The zero-order valence-corrected chi connectivity index (χ0v) is 13.8. The third-order valence-electron chi connectivity index (χ3n) is 4.35. The van der Waals surface area contributed by atoms with Crippen molar-refractivity contribution in [2.75, 3.05) is 0 Å². The summed E-state index contributed by atoms with van der Waals surface area (Å²) in [6, 6.07) is 2.38. The summed E-state index contributed by atoms with van der Waals surface area (Å²) in [5, 5.41) is 1.75. The smallest absolute Gasteiger partial charge is 0.274 e. The van der Waals surface area contributed by atoms with E-state index in [4.69, 9.17) is 0 Å². The molecule has 0 saturated carbocycles. The first-order valence-electron chi connectivity index (χ1n) is 7.66. The first kappa shape index (κ1) is 16.4. The number of carbonyl (C=O) groups is 4. The van der Waals surface area contributed by atoms with Crippen LogP contribution in [0.1, 0.15) is 29.4 Å². The van der Waals surface area contributed by atoms with Crippen molar-refractivity contribution in [3.05, 3.63) is 34.5 Å². The maximum atomic E-state index is 12.4. The summed E-state index contributed by atoms with van der Waals surface area (Å²) >= 11 is 1.24. The number of allylic oxidation sites excluding steroid dienone is 2. The van der Waals surface area contributed by atoms with Gasteiger partial charge in [-0.05, 0) is 31.2 Å². The first-order chi connectivity index (χ1) is 11.5. The number of imide groups is 1. The molecule has 3 unspecified atom stereocenters. The van der Waals surface area contributed by atoms with Gasteiger partial charge >= 0.3 is 0 Å². The van der Waals surface area contributed by atoms with Crippen molar-refractivity contribution < 1.29 is 19.2 Å². The van der Waals surface area contributed by atoms with Gasteiger partial charge in [0, 0.05) is 0 Å². The molecule has 0 bridgehead atoms. The molecule has 7 nitrogen and oxygen atoms in total. The highest BCUT2D eigenvalue weighted by atomic mass is 32.1. The minimum Gasteiger partial charge on any atom is -0.274 e. The second-order valence-corrected chi connectivity index (χ2v) is 6.75. The molecule has 2 heterocycles. The Morgan fingerprint density at radius 3 is 2.33 bits per heavy atom. The zero-order chi connectivity index (χ0) is 17.3. The number of hydrogen-bond acceptors (Lipinski definition) is 5. The fourth-order valence-corrected chi connectivity index (χ4v) is 3.64. The standard InChI is InChI=1S/C16H17N3O4S/c1-9(13(20)17-18-14(21)12-7-4-8-24-12)19-15(22)10-5-2-3-6-11(10)16(19)23/h2-4,7-11H,5-6H2,1H3,(H,17,20)(H,18,21). The molecule has 1 fully saturated rings. The molecule has 0 radical (unpaired) electrons. The summed E-state index contributed by atoms with van der Waals surface area (Å²) in [4.78, 5) is 50.4. The fourth-order valence-electron chi connectivity index (χ4n) is 3.02. The van der Waals surface area contributed by atoms with Crippen LogP contribution in [0.4, 0.5) is 0 Å². The summed E-state index contributed by atoms with van der Waals surface area (Å²) in [5.74, 6) is -2.43. The van der Waals surface area contributed by atoms with Crippen molar-refractivity contribution in [3.63, 3.8) is 0 Å². The summed E-state index contributed by atoms with van der Waals surface area (Å²) in [7, 11) is 0. The Bertz CT molecular complexity index is 687. The van der Waals surface area contributed by atoms with E-state index >= 15 is 0 Å². The molecule has 2 N–H and O–H groups in total. The maximum absolute atomic E-state index is 12.4. The van der Waals surface area contributed by atoms with Gasteiger partial charge in [0.25, 0.3) is 11.8 Å².